The van der Waals surface area contributed by atoms with E-state index in [4.69, 9.17) is 5.11 Å². The smallest absolute Gasteiger partial charge is 0.460 e. The summed E-state index contributed by atoms with van der Waals surface area (Å²) >= 11 is 3.20. The molecule has 0 fully saturated rings. The number of hydrogen-bond acceptors (Lipinski definition) is 5. The highest BCUT2D eigenvalue weighted by molar-refractivity contribution is 9.10. The summed E-state index contributed by atoms with van der Waals surface area (Å²) in [6.07, 6.45) is -0.182. The number of carboxylic acids is 1. The van der Waals surface area contributed by atoms with E-state index < -0.39 is 5.97 Å². The monoisotopic (exact) mass is 328 g/mol. The number of carbonyl (C=O) groups is 1. The van der Waals surface area contributed by atoms with Crippen molar-refractivity contribution in [3.8, 4) is 0 Å². The normalized spacial score (nSPS) is 10.6. The van der Waals surface area contributed by atoms with Crippen LogP contribution in [0.4, 0.5) is 5.95 Å². The second-order valence-corrected chi connectivity index (χ2v) is 4.61. The Labute approximate surface area is 115 Å². The lowest BCUT2D eigenvalue weighted by molar-refractivity contribution is -0.672. The van der Waals surface area contributed by atoms with Gasteiger partial charge in [0.25, 0.3) is 0 Å². The molecule has 0 spiro atoms. The predicted molar refractivity (Wildman–Crippen MR) is 68.1 cm³/mol. The number of benzene rings is 1. The molecule has 1 heterocycles. The number of aliphatic carboxylic acids is 1. The number of nitrogens with zero attached hydrogens (tertiary/aromatic N) is 3. The van der Waals surface area contributed by atoms with Gasteiger partial charge in [-0.1, -0.05) is 15.9 Å². The van der Waals surface area contributed by atoms with Gasteiger partial charge in [-0.15, -0.1) is 0 Å². The van der Waals surface area contributed by atoms with Crippen LogP contribution in [-0.4, -0.2) is 22.7 Å². The Hall–Kier alpha value is -2.16. The molecule has 0 saturated carbocycles. The molecular formula is C10H9BrN4O4. The van der Waals surface area contributed by atoms with Crippen LogP contribution in [0.25, 0.3) is 11.0 Å². The molecule has 1 aromatic heterocycles. The van der Waals surface area contributed by atoms with E-state index >= 15 is 0 Å². The Morgan fingerprint density at radius 3 is 2.84 bits per heavy atom. The van der Waals surface area contributed by atoms with Gasteiger partial charge < -0.3 is 15.5 Å². The summed E-state index contributed by atoms with van der Waals surface area (Å²) in [5.74, 6) is -1.24. The minimum absolute atomic E-state index is 0.00656. The maximum absolute atomic E-state index is 11.9. The van der Waals surface area contributed by atoms with Gasteiger partial charge in [-0.2, -0.15) is 0 Å². The van der Waals surface area contributed by atoms with Crippen LogP contribution in [0.15, 0.2) is 22.7 Å². The van der Waals surface area contributed by atoms with Crippen LogP contribution in [0.1, 0.15) is 6.42 Å². The van der Waals surface area contributed by atoms with Crippen LogP contribution in [0, 0.1) is 10.4 Å². The zero-order valence-electron chi connectivity index (χ0n) is 9.54. The maximum atomic E-state index is 11.9. The minimum Gasteiger partial charge on any atom is -0.739 e. The van der Waals surface area contributed by atoms with Crippen molar-refractivity contribution in [1.29, 1.82) is 0 Å². The van der Waals surface area contributed by atoms with E-state index in [1.807, 2.05) is 0 Å². The summed E-state index contributed by atoms with van der Waals surface area (Å²) in [7, 11) is 0. The van der Waals surface area contributed by atoms with Crippen molar-refractivity contribution in [3.63, 3.8) is 0 Å². The van der Waals surface area contributed by atoms with Crippen molar-refractivity contribution in [2.75, 3.05) is 11.9 Å². The summed E-state index contributed by atoms with van der Waals surface area (Å²) < 4.78 is 1.11. The summed E-state index contributed by atoms with van der Waals surface area (Å²) in [5.41, 5.74) is 0.263. The van der Waals surface area contributed by atoms with E-state index in [1.54, 1.807) is 6.07 Å². The largest absolute Gasteiger partial charge is 0.739 e. The molecular weight excluding hydrogens is 320 g/mol. The van der Waals surface area contributed by atoms with Gasteiger partial charge in [0.05, 0.1) is 13.0 Å². The molecule has 8 nitrogen and oxygen atoms in total. The average molecular weight is 329 g/mol. The molecule has 0 bridgehead atoms. The Bertz CT molecular complexity index is 649. The standard InChI is InChI=1S/C10H9BrN4O4/c11-6-1-2-7-8(5-6)15(19)13-10(14(7)18)12-4-3-9(16)17/h1-2,5H,3-4H2,(H,12,13)(H,16,17). The SMILES string of the molecule is O=C(O)CCNc1n[n+]([O-])c2cc(Br)ccc2[n+]1[O-]. The fourth-order valence-electron chi connectivity index (χ4n) is 1.50. The molecule has 2 N–H and O–H groups in total. The van der Waals surface area contributed by atoms with Crippen LogP contribution < -0.4 is 14.9 Å². The van der Waals surface area contributed by atoms with Gasteiger partial charge in [-0.05, 0) is 12.1 Å². The highest BCUT2D eigenvalue weighted by atomic mass is 79.9. The molecule has 0 amide bonds. The number of hydrogen-bond donors (Lipinski definition) is 2. The van der Waals surface area contributed by atoms with Gasteiger partial charge >= 0.3 is 17.4 Å². The second kappa shape index (κ2) is 5.22. The fraction of sp³-hybridized carbons (Fsp3) is 0.200. The lowest BCUT2D eigenvalue weighted by atomic mass is 10.3. The van der Waals surface area contributed by atoms with Crippen molar-refractivity contribution in [1.82, 2.24) is 5.10 Å². The van der Waals surface area contributed by atoms with E-state index in [2.05, 4.69) is 26.3 Å². The number of carboxylic acid groups (broad SMARTS) is 1. The average Bonchev–Trinajstić information content (AvgIpc) is 2.35. The summed E-state index contributed by atoms with van der Waals surface area (Å²) in [6.45, 7) is 0.00656. The van der Waals surface area contributed by atoms with Gasteiger partial charge in [0, 0.05) is 15.4 Å². The molecule has 2 aromatic rings. The topological polar surface area (TPSA) is 116 Å². The first-order valence-corrected chi connectivity index (χ1v) is 6.06. The number of nitrogens with one attached hydrogen (secondary N) is 1. The van der Waals surface area contributed by atoms with Crippen molar-refractivity contribution < 1.29 is 19.5 Å². The quantitative estimate of drug-likeness (QED) is 0.609. The van der Waals surface area contributed by atoms with E-state index in [9.17, 15) is 15.2 Å². The van der Waals surface area contributed by atoms with Crippen molar-refractivity contribution in [2.24, 2.45) is 0 Å². The molecule has 100 valence electrons. The maximum Gasteiger partial charge on any atom is 0.460 e. The first-order valence-electron chi connectivity index (χ1n) is 5.27. The fourth-order valence-corrected chi connectivity index (χ4v) is 1.85. The molecule has 0 radical (unpaired) electrons. The lowest BCUT2D eigenvalue weighted by Gasteiger charge is -2.09. The molecule has 0 aliphatic rings. The van der Waals surface area contributed by atoms with Crippen LogP contribution in [0.2, 0.25) is 0 Å². The van der Waals surface area contributed by atoms with E-state index in [1.165, 1.54) is 12.1 Å². The molecule has 0 aliphatic carbocycles. The molecule has 0 saturated heterocycles. The molecule has 0 unspecified atom stereocenters. The highest BCUT2D eigenvalue weighted by Gasteiger charge is 2.20. The first-order chi connectivity index (χ1) is 8.99. The Balaban J connectivity index is 2.38. The van der Waals surface area contributed by atoms with Crippen LogP contribution in [-0.2, 0) is 4.79 Å². The Kier molecular flexibility index (Phi) is 3.65. The van der Waals surface area contributed by atoms with Gasteiger partial charge in [0.15, 0.2) is 5.52 Å². The van der Waals surface area contributed by atoms with Crippen LogP contribution >= 0.6 is 15.9 Å². The highest BCUT2D eigenvalue weighted by Crippen LogP contribution is 2.14. The van der Waals surface area contributed by atoms with Gasteiger partial charge in [0.2, 0.25) is 5.10 Å². The molecule has 2 rings (SSSR count). The van der Waals surface area contributed by atoms with Gasteiger partial charge in [-0.3, -0.25) is 10.1 Å². The number of rotatable bonds is 4. The summed E-state index contributed by atoms with van der Waals surface area (Å²) in [5, 5.41) is 38.2. The summed E-state index contributed by atoms with van der Waals surface area (Å²) in [6, 6.07) is 4.58. The molecule has 1 aromatic carbocycles. The predicted octanol–water partition coefficient (Wildman–Crippen LogP) is 0.151. The minimum atomic E-state index is -1.01. The van der Waals surface area contributed by atoms with Crippen molar-refractivity contribution >= 4 is 38.9 Å². The third-order valence-corrected chi connectivity index (χ3v) is 2.86. The molecule has 0 atom stereocenters. The molecule has 0 aliphatic heterocycles. The Morgan fingerprint density at radius 2 is 2.16 bits per heavy atom. The van der Waals surface area contributed by atoms with E-state index in [0.29, 0.717) is 14.0 Å². The van der Waals surface area contributed by atoms with Crippen LogP contribution in [0.5, 0.6) is 0 Å². The van der Waals surface area contributed by atoms with E-state index in [-0.39, 0.29) is 29.9 Å². The van der Waals surface area contributed by atoms with Crippen LogP contribution in [0.3, 0.4) is 0 Å². The summed E-state index contributed by atoms with van der Waals surface area (Å²) in [4.78, 5) is 10.7. The van der Waals surface area contributed by atoms with Crippen molar-refractivity contribution in [3.05, 3.63) is 33.1 Å². The molecule has 19 heavy (non-hydrogen) atoms. The third-order valence-electron chi connectivity index (χ3n) is 2.36. The first kappa shape index (κ1) is 13.3. The van der Waals surface area contributed by atoms with Gasteiger partial charge in [0.1, 0.15) is 0 Å². The second-order valence-electron chi connectivity index (χ2n) is 3.69. The number of anilines is 1. The van der Waals surface area contributed by atoms with Gasteiger partial charge in [-0.25, -0.2) is 4.73 Å². The number of halogens is 1. The third kappa shape index (κ3) is 2.81. The molecule has 9 heteroatoms. The van der Waals surface area contributed by atoms with Crippen molar-refractivity contribution in [2.45, 2.75) is 6.42 Å². The van der Waals surface area contributed by atoms with E-state index in [0.717, 1.165) is 0 Å². The Morgan fingerprint density at radius 1 is 1.42 bits per heavy atom. The number of aromatic nitrogens is 3. The zero-order chi connectivity index (χ0) is 14.0. The zero-order valence-corrected chi connectivity index (χ0v) is 11.1. The lowest BCUT2D eigenvalue weighted by Crippen LogP contribution is -2.44. The number of fused-ring (bicyclic) bond motifs is 1.